The zero-order chi connectivity index (χ0) is 25.5. The van der Waals surface area contributed by atoms with E-state index in [9.17, 15) is 9.18 Å². The lowest BCUT2D eigenvalue weighted by atomic mass is 10.0. The molecular weight excluding hydrogens is 467 g/mol. The lowest BCUT2D eigenvalue weighted by molar-refractivity contribution is 0.0679. The molecule has 1 unspecified atom stereocenters. The molecule has 6 heteroatoms. The Kier molecular flexibility index (Phi) is 7.87. The third-order valence-corrected chi connectivity index (χ3v) is 6.41. The normalized spacial score (nSPS) is 14.9. The van der Waals surface area contributed by atoms with Gasteiger partial charge in [0.2, 0.25) is 0 Å². The fourth-order valence-corrected chi connectivity index (χ4v) is 4.47. The number of carbonyl (C=O) groups is 1. The fraction of sp³-hybridized carbons (Fsp3) is 0.226. The number of pyridine rings is 1. The number of nitrogens with zero attached hydrogens (tertiary/aromatic N) is 2. The van der Waals surface area contributed by atoms with Crippen LogP contribution in [-0.4, -0.2) is 35.1 Å². The first-order chi connectivity index (χ1) is 18.1. The van der Waals surface area contributed by atoms with Crippen LogP contribution in [0.4, 0.5) is 4.39 Å². The smallest absolute Gasteiger partial charge is 0.254 e. The summed E-state index contributed by atoms with van der Waals surface area (Å²) in [6, 6.07) is 25.4. The summed E-state index contributed by atoms with van der Waals surface area (Å²) in [6.07, 6.45) is 5.76. The molecule has 1 amide bonds. The van der Waals surface area contributed by atoms with E-state index in [1.54, 1.807) is 29.4 Å². The van der Waals surface area contributed by atoms with Crippen LogP contribution in [0.3, 0.4) is 0 Å². The minimum Gasteiger partial charge on any atom is -0.491 e. The zero-order valence-electron chi connectivity index (χ0n) is 20.6. The van der Waals surface area contributed by atoms with Gasteiger partial charge in [-0.3, -0.25) is 9.78 Å². The topological polar surface area (TPSA) is 51.7 Å². The van der Waals surface area contributed by atoms with Gasteiger partial charge in [0, 0.05) is 37.7 Å². The second-order valence-electron chi connectivity index (χ2n) is 9.20. The summed E-state index contributed by atoms with van der Waals surface area (Å²) in [5, 5.41) is 0. The minimum atomic E-state index is -0.310. The second kappa shape index (κ2) is 11.8. The van der Waals surface area contributed by atoms with Crippen LogP contribution in [0, 0.1) is 5.82 Å². The molecule has 188 valence electrons. The van der Waals surface area contributed by atoms with Gasteiger partial charge >= 0.3 is 0 Å². The monoisotopic (exact) mass is 496 g/mol. The molecule has 1 saturated heterocycles. The number of benzene rings is 3. The largest absolute Gasteiger partial charge is 0.491 e. The summed E-state index contributed by atoms with van der Waals surface area (Å²) < 4.78 is 25.3. The molecule has 0 aliphatic carbocycles. The standard InChI is InChI=1S/C31H29FN2O3/c32-28-9-2-7-26(18-28)25-6-1-8-27(17-25)31(35)34(21-24-5-3-15-33-19-24)20-23-11-13-29(14-12-23)37-22-30-10-4-16-36-30/h1-3,5-9,11-15,17-19,30H,4,10,16,20-22H2. The van der Waals surface area contributed by atoms with E-state index in [1.165, 1.54) is 12.1 Å². The highest BCUT2D eigenvalue weighted by Crippen LogP contribution is 2.24. The lowest BCUT2D eigenvalue weighted by Gasteiger charge is -2.23. The Morgan fingerprint density at radius 3 is 2.46 bits per heavy atom. The van der Waals surface area contributed by atoms with Gasteiger partial charge in [-0.05, 0) is 77.6 Å². The van der Waals surface area contributed by atoms with Gasteiger partial charge in [0.25, 0.3) is 5.91 Å². The molecule has 1 fully saturated rings. The van der Waals surface area contributed by atoms with E-state index in [0.717, 1.165) is 47.5 Å². The third kappa shape index (κ3) is 6.60. The summed E-state index contributed by atoms with van der Waals surface area (Å²) in [7, 11) is 0. The number of hydrogen-bond donors (Lipinski definition) is 0. The number of ether oxygens (including phenoxy) is 2. The van der Waals surface area contributed by atoms with E-state index in [2.05, 4.69) is 4.98 Å². The highest BCUT2D eigenvalue weighted by Gasteiger charge is 2.19. The SMILES string of the molecule is O=C(c1cccc(-c2cccc(F)c2)c1)N(Cc1ccc(OCC2CCCO2)cc1)Cc1cccnc1. The van der Waals surface area contributed by atoms with Crippen molar-refractivity contribution in [2.75, 3.05) is 13.2 Å². The van der Waals surface area contributed by atoms with E-state index in [-0.39, 0.29) is 17.8 Å². The molecule has 2 heterocycles. The van der Waals surface area contributed by atoms with Gasteiger partial charge in [0.05, 0.1) is 6.10 Å². The van der Waals surface area contributed by atoms with Gasteiger partial charge in [-0.15, -0.1) is 0 Å². The molecule has 0 saturated carbocycles. The summed E-state index contributed by atoms with van der Waals surface area (Å²) in [5.41, 5.74) is 3.99. The molecule has 1 aromatic heterocycles. The molecule has 0 bridgehead atoms. The fourth-order valence-electron chi connectivity index (χ4n) is 4.47. The molecule has 3 aromatic carbocycles. The predicted octanol–water partition coefficient (Wildman–Crippen LogP) is 6.29. The van der Waals surface area contributed by atoms with Crippen molar-refractivity contribution in [2.24, 2.45) is 0 Å². The number of hydrogen-bond acceptors (Lipinski definition) is 4. The van der Waals surface area contributed by atoms with Gasteiger partial charge in [0.1, 0.15) is 18.2 Å². The maximum absolute atomic E-state index is 13.8. The molecular formula is C31H29FN2O3. The van der Waals surface area contributed by atoms with Crippen molar-refractivity contribution in [3.8, 4) is 16.9 Å². The molecule has 1 atom stereocenters. The molecule has 1 aliphatic heterocycles. The van der Waals surface area contributed by atoms with E-state index < -0.39 is 0 Å². The van der Waals surface area contributed by atoms with Gasteiger partial charge in [-0.25, -0.2) is 4.39 Å². The van der Waals surface area contributed by atoms with Crippen molar-refractivity contribution < 1.29 is 18.7 Å². The summed E-state index contributed by atoms with van der Waals surface area (Å²) >= 11 is 0. The number of carbonyl (C=O) groups excluding carboxylic acids is 1. The number of halogens is 1. The summed E-state index contributed by atoms with van der Waals surface area (Å²) in [6.45, 7) is 2.18. The first-order valence-electron chi connectivity index (χ1n) is 12.5. The predicted molar refractivity (Wildman–Crippen MR) is 141 cm³/mol. The highest BCUT2D eigenvalue weighted by molar-refractivity contribution is 5.95. The van der Waals surface area contributed by atoms with Crippen molar-refractivity contribution in [2.45, 2.75) is 32.0 Å². The van der Waals surface area contributed by atoms with Gasteiger partial charge in [-0.2, -0.15) is 0 Å². The van der Waals surface area contributed by atoms with Crippen molar-refractivity contribution in [1.82, 2.24) is 9.88 Å². The Morgan fingerprint density at radius 1 is 0.946 bits per heavy atom. The van der Waals surface area contributed by atoms with Crippen molar-refractivity contribution >= 4 is 5.91 Å². The van der Waals surface area contributed by atoms with Crippen LogP contribution < -0.4 is 4.74 Å². The Labute approximate surface area is 216 Å². The van der Waals surface area contributed by atoms with Crippen molar-refractivity contribution in [1.29, 1.82) is 0 Å². The third-order valence-electron chi connectivity index (χ3n) is 6.41. The van der Waals surface area contributed by atoms with Crippen molar-refractivity contribution in [3.05, 3.63) is 120 Å². The maximum Gasteiger partial charge on any atom is 0.254 e. The average Bonchev–Trinajstić information content (AvgIpc) is 3.46. The second-order valence-corrected chi connectivity index (χ2v) is 9.20. The molecule has 1 aliphatic rings. The molecule has 5 nitrogen and oxygen atoms in total. The maximum atomic E-state index is 13.8. The number of rotatable bonds is 9. The number of aromatic nitrogens is 1. The van der Waals surface area contributed by atoms with Crippen LogP contribution in [0.2, 0.25) is 0 Å². The Hall–Kier alpha value is -4.03. The quantitative estimate of drug-likeness (QED) is 0.273. The Balaban J connectivity index is 1.34. The van der Waals surface area contributed by atoms with Crippen LogP contribution in [0.15, 0.2) is 97.3 Å². The first-order valence-corrected chi connectivity index (χ1v) is 12.5. The Bertz CT molecular complexity index is 1320. The summed E-state index contributed by atoms with van der Waals surface area (Å²) in [5.74, 6) is 0.364. The average molecular weight is 497 g/mol. The number of amides is 1. The van der Waals surface area contributed by atoms with Crippen LogP contribution in [0.5, 0.6) is 5.75 Å². The van der Waals surface area contributed by atoms with Crippen molar-refractivity contribution in [3.63, 3.8) is 0 Å². The van der Waals surface area contributed by atoms with Crippen LogP contribution in [0.25, 0.3) is 11.1 Å². The molecule has 5 rings (SSSR count). The highest BCUT2D eigenvalue weighted by atomic mass is 19.1. The lowest BCUT2D eigenvalue weighted by Crippen LogP contribution is -2.30. The van der Waals surface area contributed by atoms with E-state index in [1.807, 2.05) is 60.7 Å². The molecule has 4 aromatic rings. The van der Waals surface area contributed by atoms with Gasteiger partial charge in [0.15, 0.2) is 0 Å². The molecule has 37 heavy (non-hydrogen) atoms. The van der Waals surface area contributed by atoms with Gasteiger partial charge in [-0.1, -0.05) is 42.5 Å². The molecule has 0 spiro atoms. The molecule has 0 N–H and O–H groups in total. The Morgan fingerprint density at radius 2 is 1.73 bits per heavy atom. The minimum absolute atomic E-state index is 0.110. The van der Waals surface area contributed by atoms with E-state index in [4.69, 9.17) is 9.47 Å². The van der Waals surface area contributed by atoms with Crippen LogP contribution >= 0.6 is 0 Å². The van der Waals surface area contributed by atoms with E-state index in [0.29, 0.717) is 25.3 Å². The molecule has 0 radical (unpaired) electrons. The van der Waals surface area contributed by atoms with Crippen LogP contribution in [0.1, 0.15) is 34.3 Å². The van der Waals surface area contributed by atoms with E-state index >= 15 is 0 Å². The zero-order valence-corrected chi connectivity index (χ0v) is 20.6. The first kappa shape index (κ1) is 24.7. The van der Waals surface area contributed by atoms with Crippen LogP contribution in [-0.2, 0) is 17.8 Å². The van der Waals surface area contributed by atoms with Gasteiger partial charge < -0.3 is 14.4 Å². The summed E-state index contributed by atoms with van der Waals surface area (Å²) in [4.78, 5) is 19.7.